The van der Waals surface area contributed by atoms with Gasteiger partial charge < -0.3 is 21.1 Å². The zero-order chi connectivity index (χ0) is 25.6. The van der Waals surface area contributed by atoms with Gasteiger partial charge in [0.1, 0.15) is 0 Å². The van der Waals surface area contributed by atoms with Crippen LogP contribution in [0.3, 0.4) is 0 Å². The highest BCUT2D eigenvalue weighted by atomic mass is 16.3. The summed E-state index contributed by atoms with van der Waals surface area (Å²) >= 11 is 0. The standard InChI is InChI=1S/C30H49NO4/c1-18(16-32)19-8-13-30(25(31)35)15-14-28(4)20(24(19)30)6-7-22-26(2)11-10-23(34)27(3,17-33)21(26)9-12-29(22,28)5/h19-24,32-34H,1,6-17H2,2-5H3,(H2,31,35)/t19-,20?,21+,22+,23?,24+,26-,27-,28+,29+,30-/m0/s1. The van der Waals surface area contributed by atoms with Gasteiger partial charge in [0.15, 0.2) is 0 Å². The number of nitrogens with two attached hydrogens (primary N) is 1. The van der Waals surface area contributed by atoms with Crippen LogP contribution in [0.2, 0.25) is 0 Å². The zero-order valence-electron chi connectivity index (χ0n) is 22.5. The summed E-state index contributed by atoms with van der Waals surface area (Å²) in [6.45, 7) is 13.9. The Morgan fingerprint density at radius 3 is 2.23 bits per heavy atom. The van der Waals surface area contributed by atoms with Crippen molar-refractivity contribution < 1.29 is 20.1 Å². The van der Waals surface area contributed by atoms with Crippen molar-refractivity contribution in [2.45, 2.75) is 98.0 Å². The van der Waals surface area contributed by atoms with Crippen molar-refractivity contribution in [3.8, 4) is 0 Å². The topological polar surface area (TPSA) is 104 Å². The lowest BCUT2D eigenvalue weighted by molar-refractivity contribution is -0.252. The van der Waals surface area contributed by atoms with Gasteiger partial charge in [-0.25, -0.2) is 0 Å². The van der Waals surface area contributed by atoms with Gasteiger partial charge in [0, 0.05) is 5.41 Å². The molecule has 0 spiro atoms. The maximum Gasteiger partial charge on any atom is 0.223 e. The molecule has 0 aliphatic heterocycles. The van der Waals surface area contributed by atoms with Crippen LogP contribution in [0.1, 0.15) is 91.9 Å². The van der Waals surface area contributed by atoms with Crippen LogP contribution in [0.15, 0.2) is 12.2 Å². The molecule has 2 unspecified atom stereocenters. The Bertz CT molecular complexity index is 905. The second-order valence-electron chi connectivity index (χ2n) is 14.4. The van der Waals surface area contributed by atoms with Crippen LogP contribution in [0, 0.1) is 56.7 Å². The minimum absolute atomic E-state index is 0.0127. The summed E-state index contributed by atoms with van der Waals surface area (Å²) in [6.07, 6.45) is 9.34. The van der Waals surface area contributed by atoms with Crippen molar-refractivity contribution in [1.29, 1.82) is 0 Å². The van der Waals surface area contributed by atoms with Crippen molar-refractivity contribution in [1.82, 2.24) is 0 Å². The highest BCUT2D eigenvalue weighted by Crippen LogP contribution is 2.77. The van der Waals surface area contributed by atoms with E-state index in [0.29, 0.717) is 17.8 Å². The lowest BCUT2D eigenvalue weighted by Gasteiger charge is -2.72. The summed E-state index contributed by atoms with van der Waals surface area (Å²) in [7, 11) is 0. The first-order chi connectivity index (χ1) is 16.4. The number of carbonyl (C=O) groups is 1. The summed E-state index contributed by atoms with van der Waals surface area (Å²) in [5.74, 6) is 1.48. The number of hydrogen-bond donors (Lipinski definition) is 4. The van der Waals surface area contributed by atoms with Crippen LogP contribution in [0.4, 0.5) is 0 Å². The van der Waals surface area contributed by atoms with Gasteiger partial charge in [0.05, 0.1) is 24.7 Å². The van der Waals surface area contributed by atoms with Gasteiger partial charge in [-0.05, 0) is 116 Å². The third-order valence-electron chi connectivity index (χ3n) is 13.8. The second-order valence-corrected chi connectivity index (χ2v) is 14.4. The van der Waals surface area contributed by atoms with Crippen molar-refractivity contribution in [3.63, 3.8) is 0 Å². The maximum absolute atomic E-state index is 13.0. The molecule has 0 heterocycles. The van der Waals surface area contributed by atoms with Crippen LogP contribution in [0.25, 0.3) is 0 Å². The van der Waals surface area contributed by atoms with Gasteiger partial charge >= 0.3 is 0 Å². The third kappa shape index (κ3) is 3.01. The normalized spacial score (nSPS) is 55.3. The first kappa shape index (κ1) is 25.7. The number of rotatable bonds is 4. The van der Waals surface area contributed by atoms with E-state index >= 15 is 0 Å². The number of amides is 1. The van der Waals surface area contributed by atoms with E-state index in [-0.39, 0.29) is 47.2 Å². The molecule has 0 aromatic heterocycles. The van der Waals surface area contributed by atoms with Crippen molar-refractivity contribution >= 4 is 5.91 Å². The Balaban J connectivity index is 1.56. The van der Waals surface area contributed by atoms with E-state index < -0.39 is 16.9 Å². The van der Waals surface area contributed by atoms with Crippen molar-refractivity contribution in [2.24, 2.45) is 62.4 Å². The number of carbonyl (C=O) groups excluding carboxylic acids is 1. The van der Waals surface area contributed by atoms with Crippen LogP contribution in [-0.2, 0) is 4.79 Å². The van der Waals surface area contributed by atoms with Gasteiger partial charge in [0.25, 0.3) is 0 Å². The van der Waals surface area contributed by atoms with E-state index in [0.717, 1.165) is 69.8 Å². The van der Waals surface area contributed by atoms with Gasteiger partial charge in [-0.1, -0.05) is 34.3 Å². The highest BCUT2D eigenvalue weighted by molar-refractivity contribution is 5.82. The number of aliphatic hydroxyl groups is 3. The first-order valence-electron chi connectivity index (χ1n) is 14.2. The molecule has 5 aliphatic rings. The fourth-order valence-electron chi connectivity index (χ4n) is 11.6. The number of aliphatic hydroxyl groups excluding tert-OH is 3. The molecule has 198 valence electrons. The molecular formula is C30H49NO4. The Morgan fingerprint density at radius 1 is 0.886 bits per heavy atom. The Morgan fingerprint density at radius 2 is 1.60 bits per heavy atom. The largest absolute Gasteiger partial charge is 0.396 e. The number of hydrogen-bond acceptors (Lipinski definition) is 4. The molecule has 5 nitrogen and oxygen atoms in total. The zero-order valence-corrected chi connectivity index (χ0v) is 22.5. The minimum atomic E-state index is -0.457. The van der Waals surface area contributed by atoms with E-state index in [1.165, 1.54) is 0 Å². The molecule has 5 saturated carbocycles. The number of fused-ring (bicyclic) bond motifs is 7. The van der Waals surface area contributed by atoms with E-state index in [9.17, 15) is 20.1 Å². The van der Waals surface area contributed by atoms with Crippen molar-refractivity contribution in [2.75, 3.05) is 13.2 Å². The predicted molar refractivity (Wildman–Crippen MR) is 137 cm³/mol. The summed E-state index contributed by atoms with van der Waals surface area (Å²) in [6, 6.07) is 0. The smallest absolute Gasteiger partial charge is 0.223 e. The van der Waals surface area contributed by atoms with Crippen LogP contribution in [0.5, 0.6) is 0 Å². The monoisotopic (exact) mass is 487 g/mol. The average Bonchev–Trinajstić information content (AvgIpc) is 3.23. The summed E-state index contributed by atoms with van der Waals surface area (Å²) in [5, 5.41) is 31.4. The van der Waals surface area contributed by atoms with Crippen molar-refractivity contribution in [3.05, 3.63) is 12.2 Å². The molecule has 0 aromatic rings. The summed E-state index contributed by atoms with van der Waals surface area (Å²) < 4.78 is 0. The summed E-state index contributed by atoms with van der Waals surface area (Å²) in [4.78, 5) is 13.0. The van der Waals surface area contributed by atoms with Crippen LogP contribution < -0.4 is 5.73 Å². The highest BCUT2D eigenvalue weighted by Gasteiger charge is 2.72. The van der Waals surface area contributed by atoms with E-state index in [2.05, 4.69) is 34.3 Å². The SMILES string of the molecule is C=C(CO)[C@@H]1CC[C@]2(C(N)=O)CC[C@]3(C)C(CC[C@@H]4[C@@]5(C)CCC(O)[C@@](C)(CO)[C@@H]5CC[C@]43C)[C@@H]12. The van der Waals surface area contributed by atoms with E-state index in [1.54, 1.807) is 0 Å². The lowest BCUT2D eigenvalue weighted by Crippen LogP contribution is -2.68. The van der Waals surface area contributed by atoms with E-state index in [1.807, 2.05) is 0 Å². The predicted octanol–water partition coefficient (Wildman–Crippen LogP) is 4.44. The maximum atomic E-state index is 13.0. The molecule has 0 saturated heterocycles. The van der Waals surface area contributed by atoms with Gasteiger partial charge in [-0.2, -0.15) is 0 Å². The Kier molecular flexibility index (Phi) is 5.91. The fraction of sp³-hybridized carbons (Fsp3) is 0.900. The third-order valence-corrected chi connectivity index (χ3v) is 13.8. The molecule has 5 fully saturated rings. The Hall–Kier alpha value is -0.910. The molecule has 11 atom stereocenters. The first-order valence-corrected chi connectivity index (χ1v) is 14.2. The lowest BCUT2D eigenvalue weighted by atomic mass is 9.32. The number of primary amides is 1. The van der Waals surface area contributed by atoms with Gasteiger partial charge in [-0.15, -0.1) is 0 Å². The van der Waals surface area contributed by atoms with E-state index in [4.69, 9.17) is 5.73 Å². The molecule has 5 rings (SSSR count). The fourth-order valence-corrected chi connectivity index (χ4v) is 11.6. The average molecular weight is 488 g/mol. The molecule has 0 bridgehead atoms. The molecule has 5 N–H and O–H groups in total. The molecule has 5 aliphatic carbocycles. The second kappa shape index (κ2) is 8.04. The molecule has 5 heteroatoms. The summed E-state index contributed by atoms with van der Waals surface area (Å²) in [5.41, 5.74) is 6.48. The van der Waals surface area contributed by atoms with Gasteiger partial charge in [0.2, 0.25) is 5.91 Å². The Labute approximate surface area is 211 Å². The quantitative estimate of drug-likeness (QED) is 0.440. The van der Waals surface area contributed by atoms with Gasteiger partial charge in [-0.3, -0.25) is 4.79 Å². The van der Waals surface area contributed by atoms with Crippen LogP contribution >= 0.6 is 0 Å². The molecule has 0 aromatic carbocycles. The molecular weight excluding hydrogens is 438 g/mol. The van der Waals surface area contributed by atoms with Crippen LogP contribution in [-0.4, -0.2) is 40.5 Å². The molecule has 1 amide bonds. The molecule has 0 radical (unpaired) electrons. The minimum Gasteiger partial charge on any atom is -0.396 e. The molecule has 35 heavy (non-hydrogen) atoms.